The summed E-state index contributed by atoms with van der Waals surface area (Å²) in [6.45, 7) is 9.19. The maximum absolute atomic E-state index is 11.6. The third-order valence-electron chi connectivity index (χ3n) is 2.90. The van der Waals surface area contributed by atoms with Gasteiger partial charge in [-0.25, -0.2) is 0 Å². The molecule has 1 amide bonds. The van der Waals surface area contributed by atoms with Crippen LogP contribution in [0.4, 0.5) is 0 Å². The van der Waals surface area contributed by atoms with Crippen LogP contribution in [0, 0.1) is 0 Å². The van der Waals surface area contributed by atoms with Crippen molar-refractivity contribution in [2.45, 2.75) is 37.5 Å². The van der Waals surface area contributed by atoms with Gasteiger partial charge in [0, 0.05) is 17.8 Å². The molecule has 0 aromatic carbocycles. The SMILES string of the molecule is C=CCNC(=O)C(C)NCC1(C)CCCS1. The fraction of sp³-hybridized carbons (Fsp3) is 0.750. The molecule has 1 rings (SSSR count). The van der Waals surface area contributed by atoms with Crippen LogP contribution in [0.1, 0.15) is 26.7 Å². The van der Waals surface area contributed by atoms with E-state index in [1.54, 1.807) is 6.08 Å². The number of amides is 1. The summed E-state index contributed by atoms with van der Waals surface area (Å²) in [7, 11) is 0. The Labute approximate surface area is 102 Å². The van der Waals surface area contributed by atoms with Gasteiger partial charge in [-0.1, -0.05) is 6.08 Å². The third kappa shape index (κ3) is 4.18. The minimum atomic E-state index is -0.127. The topological polar surface area (TPSA) is 41.1 Å². The maximum atomic E-state index is 11.6. The van der Waals surface area contributed by atoms with Gasteiger partial charge in [-0.3, -0.25) is 4.79 Å². The van der Waals surface area contributed by atoms with Crippen molar-refractivity contribution in [1.29, 1.82) is 0 Å². The summed E-state index contributed by atoms with van der Waals surface area (Å²) >= 11 is 2.01. The fourth-order valence-electron chi connectivity index (χ4n) is 1.76. The number of hydrogen-bond acceptors (Lipinski definition) is 3. The van der Waals surface area contributed by atoms with E-state index >= 15 is 0 Å². The van der Waals surface area contributed by atoms with E-state index in [1.807, 2.05) is 18.7 Å². The van der Waals surface area contributed by atoms with Crippen molar-refractivity contribution < 1.29 is 4.79 Å². The lowest BCUT2D eigenvalue weighted by atomic mass is 10.1. The van der Waals surface area contributed by atoms with Crippen LogP contribution in [0.3, 0.4) is 0 Å². The van der Waals surface area contributed by atoms with Crippen LogP contribution in [0.5, 0.6) is 0 Å². The normalized spacial score (nSPS) is 26.4. The molecule has 2 atom stereocenters. The molecule has 0 aromatic rings. The molecular formula is C12H22N2OS. The maximum Gasteiger partial charge on any atom is 0.237 e. The van der Waals surface area contributed by atoms with Crippen LogP contribution >= 0.6 is 11.8 Å². The zero-order chi connectivity index (χ0) is 12.0. The average molecular weight is 242 g/mol. The lowest BCUT2D eigenvalue weighted by molar-refractivity contribution is -0.122. The van der Waals surface area contributed by atoms with E-state index in [2.05, 4.69) is 24.1 Å². The van der Waals surface area contributed by atoms with Crippen molar-refractivity contribution in [3.05, 3.63) is 12.7 Å². The molecule has 2 unspecified atom stereocenters. The summed E-state index contributed by atoms with van der Waals surface area (Å²) in [5, 5.41) is 6.10. The summed E-state index contributed by atoms with van der Waals surface area (Å²) in [6, 6.07) is -0.127. The molecule has 0 saturated carbocycles. The molecule has 0 radical (unpaired) electrons. The van der Waals surface area contributed by atoms with Gasteiger partial charge in [0.15, 0.2) is 0 Å². The minimum absolute atomic E-state index is 0.0477. The van der Waals surface area contributed by atoms with Gasteiger partial charge in [0.1, 0.15) is 0 Å². The molecule has 1 aliphatic rings. The van der Waals surface area contributed by atoms with Crippen molar-refractivity contribution in [3.8, 4) is 0 Å². The van der Waals surface area contributed by atoms with E-state index < -0.39 is 0 Å². The lowest BCUT2D eigenvalue weighted by Gasteiger charge is -2.25. The fourth-order valence-corrected chi connectivity index (χ4v) is 3.02. The molecule has 4 heteroatoms. The van der Waals surface area contributed by atoms with Crippen LogP contribution in [-0.4, -0.2) is 35.5 Å². The van der Waals surface area contributed by atoms with Gasteiger partial charge in [0.05, 0.1) is 6.04 Å². The molecule has 2 N–H and O–H groups in total. The van der Waals surface area contributed by atoms with Crippen LogP contribution in [-0.2, 0) is 4.79 Å². The molecule has 0 bridgehead atoms. The quantitative estimate of drug-likeness (QED) is 0.694. The standard InChI is InChI=1S/C12H22N2OS/c1-4-7-13-11(15)10(2)14-9-12(3)6-5-8-16-12/h4,10,14H,1,5-9H2,2-3H3,(H,13,15). The molecule has 16 heavy (non-hydrogen) atoms. The molecule has 0 aromatic heterocycles. The molecule has 0 aliphatic carbocycles. The summed E-state index contributed by atoms with van der Waals surface area (Å²) in [4.78, 5) is 11.6. The Morgan fingerprint density at radius 3 is 3.00 bits per heavy atom. The second-order valence-electron chi connectivity index (χ2n) is 4.54. The van der Waals surface area contributed by atoms with Crippen LogP contribution in [0.2, 0.25) is 0 Å². The van der Waals surface area contributed by atoms with Crippen molar-refractivity contribution >= 4 is 17.7 Å². The first-order valence-electron chi connectivity index (χ1n) is 5.83. The molecule has 3 nitrogen and oxygen atoms in total. The Morgan fingerprint density at radius 2 is 2.44 bits per heavy atom. The van der Waals surface area contributed by atoms with E-state index in [9.17, 15) is 4.79 Å². The molecule has 1 heterocycles. The Kier molecular flexibility index (Phi) is 5.35. The summed E-state index contributed by atoms with van der Waals surface area (Å²) in [5.41, 5.74) is 0. The van der Waals surface area contributed by atoms with Gasteiger partial charge in [-0.15, -0.1) is 6.58 Å². The predicted molar refractivity (Wildman–Crippen MR) is 70.8 cm³/mol. The van der Waals surface area contributed by atoms with Crippen molar-refractivity contribution in [1.82, 2.24) is 10.6 Å². The van der Waals surface area contributed by atoms with Gasteiger partial charge < -0.3 is 10.6 Å². The van der Waals surface area contributed by atoms with E-state index in [0.29, 0.717) is 11.3 Å². The van der Waals surface area contributed by atoms with Crippen LogP contribution in [0.15, 0.2) is 12.7 Å². The smallest absolute Gasteiger partial charge is 0.237 e. The number of carbonyl (C=O) groups excluding carboxylic acids is 1. The van der Waals surface area contributed by atoms with Gasteiger partial charge in [0.25, 0.3) is 0 Å². The molecule has 1 saturated heterocycles. The number of hydrogen-bond donors (Lipinski definition) is 2. The second kappa shape index (κ2) is 6.30. The number of rotatable bonds is 6. The monoisotopic (exact) mass is 242 g/mol. The van der Waals surface area contributed by atoms with E-state index in [-0.39, 0.29) is 11.9 Å². The van der Waals surface area contributed by atoms with E-state index in [1.165, 1.54) is 18.6 Å². The Morgan fingerprint density at radius 1 is 1.69 bits per heavy atom. The van der Waals surface area contributed by atoms with Crippen LogP contribution in [0.25, 0.3) is 0 Å². The van der Waals surface area contributed by atoms with E-state index in [4.69, 9.17) is 0 Å². The third-order valence-corrected chi connectivity index (χ3v) is 4.43. The summed E-state index contributed by atoms with van der Waals surface area (Å²) in [6.07, 6.45) is 4.23. The van der Waals surface area contributed by atoms with Crippen LogP contribution < -0.4 is 10.6 Å². The minimum Gasteiger partial charge on any atom is -0.351 e. The first-order chi connectivity index (χ1) is 7.57. The Balaban J connectivity index is 2.25. The molecular weight excluding hydrogens is 220 g/mol. The van der Waals surface area contributed by atoms with Crippen molar-refractivity contribution in [3.63, 3.8) is 0 Å². The molecule has 1 aliphatic heterocycles. The zero-order valence-corrected chi connectivity index (χ0v) is 11.0. The van der Waals surface area contributed by atoms with Crippen molar-refractivity contribution in [2.24, 2.45) is 0 Å². The first kappa shape index (κ1) is 13.6. The molecule has 1 fully saturated rings. The first-order valence-corrected chi connectivity index (χ1v) is 6.82. The van der Waals surface area contributed by atoms with E-state index in [0.717, 1.165) is 6.54 Å². The summed E-state index contributed by atoms with van der Waals surface area (Å²) < 4.78 is 0.312. The molecule has 0 spiro atoms. The number of nitrogens with one attached hydrogen (secondary N) is 2. The Bertz CT molecular complexity index is 249. The van der Waals surface area contributed by atoms with Gasteiger partial charge in [-0.05, 0) is 32.4 Å². The Hall–Kier alpha value is -0.480. The largest absolute Gasteiger partial charge is 0.351 e. The van der Waals surface area contributed by atoms with Crippen molar-refractivity contribution in [2.75, 3.05) is 18.8 Å². The predicted octanol–water partition coefficient (Wildman–Crippen LogP) is 1.55. The number of carbonyl (C=O) groups is 1. The lowest BCUT2D eigenvalue weighted by Crippen LogP contribution is -2.46. The van der Waals surface area contributed by atoms with Gasteiger partial charge in [-0.2, -0.15) is 11.8 Å². The highest BCUT2D eigenvalue weighted by Crippen LogP contribution is 2.36. The zero-order valence-electron chi connectivity index (χ0n) is 10.2. The highest BCUT2D eigenvalue weighted by atomic mass is 32.2. The average Bonchev–Trinajstić information content (AvgIpc) is 2.70. The van der Waals surface area contributed by atoms with Gasteiger partial charge in [0.2, 0.25) is 5.91 Å². The number of thioether (sulfide) groups is 1. The second-order valence-corrected chi connectivity index (χ2v) is 6.22. The highest BCUT2D eigenvalue weighted by molar-refractivity contribution is 8.00. The molecule has 92 valence electrons. The summed E-state index contributed by atoms with van der Waals surface area (Å²) in [5.74, 6) is 1.29. The van der Waals surface area contributed by atoms with Gasteiger partial charge >= 0.3 is 0 Å². The highest BCUT2D eigenvalue weighted by Gasteiger charge is 2.29.